The zero-order valence-electron chi connectivity index (χ0n) is 10.4. The van der Waals surface area contributed by atoms with Gasteiger partial charge in [0.25, 0.3) is 0 Å². The Balaban J connectivity index is 1.95. The van der Waals surface area contributed by atoms with Gasteiger partial charge >= 0.3 is 0 Å². The average molecular weight is 248 g/mol. The molecule has 0 bridgehead atoms. The first kappa shape index (κ1) is 13.1. The third-order valence-corrected chi connectivity index (χ3v) is 3.50. The number of amides is 1. The highest BCUT2D eigenvalue weighted by Gasteiger charge is 2.26. The molecule has 1 amide bonds. The van der Waals surface area contributed by atoms with Crippen molar-refractivity contribution in [2.24, 2.45) is 5.73 Å². The smallest absolute Gasteiger partial charge is 0.241 e. The number of benzene rings is 1. The summed E-state index contributed by atoms with van der Waals surface area (Å²) in [6, 6.07) is 8.46. The Morgan fingerprint density at radius 3 is 2.61 bits per heavy atom. The molecule has 0 radical (unpaired) electrons. The summed E-state index contributed by atoms with van der Waals surface area (Å²) in [6.45, 7) is 0. The predicted molar refractivity (Wildman–Crippen MR) is 69.8 cm³/mol. The molecular formula is C14H20N2O2. The van der Waals surface area contributed by atoms with Crippen molar-refractivity contribution in [2.75, 3.05) is 0 Å². The van der Waals surface area contributed by atoms with Gasteiger partial charge in [0.15, 0.2) is 0 Å². The van der Waals surface area contributed by atoms with Crippen molar-refractivity contribution < 1.29 is 9.90 Å². The van der Waals surface area contributed by atoms with E-state index in [0.717, 1.165) is 31.2 Å². The molecule has 1 saturated carbocycles. The summed E-state index contributed by atoms with van der Waals surface area (Å²) < 4.78 is 0. The van der Waals surface area contributed by atoms with Crippen LogP contribution in [0.5, 0.6) is 0 Å². The molecule has 18 heavy (non-hydrogen) atoms. The maximum Gasteiger partial charge on any atom is 0.241 e. The van der Waals surface area contributed by atoms with E-state index < -0.39 is 12.1 Å². The minimum atomic E-state index is -0.666. The summed E-state index contributed by atoms with van der Waals surface area (Å²) >= 11 is 0. The minimum Gasteiger partial charge on any atom is -0.391 e. The summed E-state index contributed by atoms with van der Waals surface area (Å²) in [7, 11) is 0. The van der Waals surface area contributed by atoms with E-state index in [0.29, 0.717) is 0 Å². The van der Waals surface area contributed by atoms with Gasteiger partial charge in [0, 0.05) is 0 Å². The molecular weight excluding hydrogens is 228 g/mol. The predicted octanol–water partition coefficient (Wildman–Crippen LogP) is 1.11. The van der Waals surface area contributed by atoms with Gasteiger partial charge in [-0.25, -0.2) is 0 Å². The molecule has 0 aliphatic heterocycles. The summed E-state index contributed by atoms with van der Waals surface area (Å²) in [5, 5.41) is 12.7. The second-order valence-corrected chi connectivity index (χ2v) is 4.86. The van der Waals surface area contributed by atoms with Crippen LogP contribution in [0, 0.1) is 0 Å². The van der Waals surface area contributed by atoms with Crippen LogP contribution in [-0.4, -0.2) is 23.2 Å². The van der Waals surface area contributed by atoms with E-state index in [9.17, 15) is 9.90 Å². The van der Waals surface area contributed by atoms with E-state index in [2.05, 4.69) is 5.32 Å². The van der Waals surface area contributed by atoms with Crippen molar-refractivity contribution in [1.82, 2.24) is 5.32 Å². The molecule has 1 aliphatic carbocycles. The Bertz CT molecular complexity index is 394. The molecule has 1 aliphatic rings. The van der Waals surface area contributed by atoms with Gasteiger partial charge in [0.05, 0.1) is 12.1 Å². The molecule has 1 unspecified atom stereocenters. The molecule has 1 fully saturated rings. The van der Waals surface area contributed by atoms with Crippen molar-refractivity contribution in [3.8, 4) is 0 Å². The fourth-order valence-electron chi connectivity index (χ4n) is 2.36. The number of aliphatic hydroxyl groups is 1. The number of nitrogens with one attached hydrogen (secondary N) is 1. The van der Waals surface area contributed by atoms with Crippen molar-refractivity contribution in [3.05, 3.63) is 35.9 Å². The minimum absolute atomic E-state index is 0.152. The van der Waals surface area contributed by atoms with Gasteiger partial charge in [0.1, 0.15) is 6.04 Å². The number of hydrogen-bond donors (Lipinski definition) is 3. The van der Waals surface area contributed by atoms with Crippen LogP contribution in [0.25, 0.3) is 0 Å². The van der Waals surface area contributed by atoms with Gasteiger partial charge in [-0.2, -0.15) is 0 Å². The highest BCUT2D eigenvalue weighted by Crippen LogP contribution is 2.19. The molecule has 2 rings (SSSR count). The lowest BCUT2D eigenvalue weighted by Gasteiger charge is -2.29. The van der Waals surface area contributed by atoms with Crippen LogP contribution < -0.4 is 11.1 Å². The van der Waals surface area contributed by atoms with E-state index >= 15 is 0 Å². The van der Waals surface area contributed by atoms with E-state index in [-0.39, 0.29) is 11.9 Å². The third-order valence-electron chi connectivity index (χ3n) is 3.50. The lowest BCUT2D eigenvalue weighted by atomic mass is 9.92. The van der Waals surface area contributed by atoms with Gasteiger partial charge in [-0.1, -0.05) is 43.2 Å². The van der Waals surface area contributed by atoms with Crippen LogP contribution in [0.15, 0.2) is 30.3 Å². The standard InChI is InChI=1S/C14H20N2O2/c15-13(10-6-2-1-3-7-10)14(18)16-11-8-4-5-9-12(11)17/h1-3,6-7,11-13,17H,4-5,8-9,15H2,(H,16,18)/t11-,12-,13?/m1/s1. The van der Waals surface area contributed by atoms with Crippen LogP contribution in [-0.2, 0) is 4.79 Å². The number of carbonyl (C=O) groups is 1. The van der Waals surface area contributed by atoms with E-state index in [1.807, 2.05) is 30.3 Å². The van der Waals surface area contributed by atoms with Crippen molar-refractivity contribution in [3.63, 3.8) is 0 Å². The maximum atomic E-state index is 12.0. The highest BCUT2D eigenvalue weighted by molar-refractivity contribution is 5.83. The van der Waals surface area contributed by atoms with Gasteiger partial charge in [-0.05, 0) is 18.4 Å². The number of aliphatic hydroxyl groups excluding tert-OH is 1. The molecule has 4 nitrogen and oxygen atoms in total. The monoisotopic (exact) mass is 248 g/mol. The Kier molecular flexibility index (Phi) is 4.33. The molecule has 1 aromatic rings. The quantitative estimate of drug-likeness (QED) is 0.750. The zero-order chi connectivity index (χ0) is 13.0. The molecule has 0 spiro atoms. The van der Waals surface area contributed by atoms with Gasteiger partial charge < -0.3 is 16.2 Å². The zero-order valence-corrected chi connectivity index (χ0v) is 10.4. The largest absolute Gasteiger partial charge is 0.391 e. The molecule has 4 heteroatoms. The molecule has 0 aromatic heterocycles. The Hall–Kier alpha value is -1.39. The fraction of sp³-hybridized carbons (Fsp3) is 0.500. The first-order chi connectivity index (χ1) is 8.68. The number of rotatable bonds is 3. The van der Waals surface area contributed by atoms with Gasteiger partial charge in [0.2, 0.25) is 5.91 Å². The van der Waals surface area contributed by atoms with Crippen LogP contribution in [0.4, 0.5) is 0 Å². The second kappa shape index (κ2) is 5.98. The van der Waals surface area contributed by atoms with Crippen LogP contribution in [0.2, 0.25) is 0 Å². The highest BCUT2D eigenvalue weighted by atomic mass is 16.3. The van der Waals surface area contributed by atoms with Gasteiger partial charge in [-0.3, -0.25) is 4.79 Å². The number of nitrogens with two attached hydrogens (primary N) is 1. The van der Waals surface area contributed by atoms with Crippen molar-refractivity contribution in [2.45, 2.75) is 43.9 Å². The Morgan fingerprint density at radius 2 is 1.94 bits per heavy atom. The third kappa shape index (κ3) is 3.09. The number of hydrogen-bond acceptors (Lipinski definition) is 3. The van der Waals surface area contributed by atoms with Crippen LogP contribution >= 0.6 is 0 Å². The van der Waals surface area contributed by atoms with Crippen LogP contribution in [0.3, 0.4) is 0 Å². The maximum absolute atomic E-state index is 12.0. The molecule has 98 valence electrons. The normalized spacial score (nSPS) is 25.4. The molecule has 3 atom stereocenters. The lowest BCUT2D eigenvalue weighted by molar-refractivity contribution is -0.124. The second-order valence-electron chi connectivity index (χ2n) is 4.86. The van der Waals surface area contributed by atoms with Gasteiger partial charge in [-0.15, -0.1) is 0 Å². The van der Waals surface area contributed by atoms with Crippen LogP contribution in [0.1, 0.15) is 37.3 Å². The van der Waals surface area contributed by atoms with E-state index in [4.69, 9.17) is 5.73 Å². The summed E-state index contributed by atoms with van der Waals surface area (Å²) in [5.74, 6) is -0.216. The first-order valence-corrected chi connectivity index (χ1v) is 6.47. The Morgan fingerprint density at radius 1 is 1.28 bits per heavy atom. The summed E-state index contributed by atoms with van der Waals surface area (Å²) in [6.07, 6.45) is 3.21. The first-order valence-electron chi connectivity index (χ1n) is 6.47. The van der Waals surface area contributed by atoms with E-state index in [1.54, 1.807) is 0 Å². The van der Waals surface area contributed by atoms with E-state index in [1.165, 1.54) is 0 Å². The number of carbonyl (C=O) groups excluding carboxylic acids is 1. The van der Waals surface area contributed by atoms with Crippen molar-refractivity contribution >= 4 is 5.91 Å². The molecule has 0 heterocycles. The fourth-order valence-corrected chi connectivity index (χ4v) is 2.36. The molecule has 4 N–H and O–H groups in total. The summed E-state index contributed by atoms with van der Waals surface area (Å²) in [4.78, 5) is 12.0. The van der Waals surface area contributed by atoms with Crippen molar-refractivity contribution in [1.29, 1.82) is 0 Å². The topological polar surface area (TPSA) is 75.4 Å². The molecule has 0 saturated heterocycles. The average Bonchev–Trinajstić information content (AvgIpc) is 2.41. The SMILES string of the molecule is NC(C(=O)N[C@@H]1CCCC[C@H]1O)c1ccccc1. The Labute approximate surface area is 107 Å². The summed E-state index contributed by atoms with van der Waals surface area (Å²) in [5.41, 5.74) is 6.70. The molecule has 1 aromatic carbocycles. The lowest BCUT2D eigenvalue weighted by Crippen LogP contribution is -2.48.